The fourth-order valence-electron chi connectivity index (χ4n) is 2.64. The van der Waals surface area contributed by atoms with Crippen molar-refractivity contribution in [1.82, 2.24) is 25.1 Å². The van der Waals surface area contributed by atoms with Gasteiger partial charge in [0.15, 0.2) is 10.8 Å². The zero-order chi connectivity index (χ0) is 20.8. The van der Waals surface area contributed by atoms with Gasteiger partial charge in [-0.2, -0.15) is 5.10 Å². The Morgan fingerprint density at radius 1 is 1.28 bits per heavy atom. The fraction of sp³-hybridized carbons (Fsp3) is 0.333. The maximum atomic E-state index is 12.4. The van der Waals surface area contributed by atoms with Crippen molar-refractivity contribution in [2.24, 2.45) is 0 Å². The van der Waals surface area contributed by atoms with Gasteiger partial charge >= 0.3 is 0 Å². The number of halogens is 2. The van der Waals surface area contributed by atoms with Gasteiger partial charge in [0, 0.05) is 25.2 Å². The molecule has 2 N–H and O–H groups in total. The highest BCUT2D eigenvalue weighted by Crippen LogP contribution is 2.23. The summed E-state index contributed by atoms with van der Waals surface area (Å²) in [5.74, 6) is 0.410. The van der Waals surface area contributed by atoms with Gasteiger partial charge in [0.2, 0.25) is 0 Å². The summed E-state index contributed by atoms with van der Waals surface area (Å²) in [6.07, 6.45) is 3.62. The van der Waals surface area contributed by atoms with Crippen LogP contribution in [0.15, 0.2) is 29.6 Å². The first kappa shape index (κ1) is 21.6. The van der Waals surface area contributed by atoms with Crippen LogP contribution in [0.25, 0.3) is 11.0 Å². The molecule has 0 atom stereocenters. The van der Waals surface area contributed by atoms with E-state index in [9.17, 15) is 4.79 Å². The predicted octanol–water partition coefficient (Wildman–Crippen LogP) is 3.34. The molecule has 0 bridgehead atoms. The second kappa shape index (κ2) is 10.1. The number of aromatic nitrogens is 4. The quantitative estimate of drug-likeness (QED) is 0.290. The van der Waals surface area contributed by atoms with Gasteiger partial charge in [0.05, 0.1) is 35.3 Å². The Kier molecular flexibility index (Phi) is 7.54. The van der Waals surface area contributed by atoms with Gasteiger partial charge in [-0.25, -0.2) is 14.6 Å². The van der Waals surface area contributed by atoms with Crippen molar-refractivity contribution < 1.29 is 9.53 Å². The lowest BCUT2D eigenvalue weighted by atomic mass is 10.2. The molecule has 154 valence electrons. The minimum absolute atomic E-state index is 0.296. The molecular formula is C18H20Cl2N6O2S. The smallest absolute Gasteiger partial charge is 0.252 e. The average molecular weight is 455 g/mol. The zero-order valence-corrected chi connectivity index (χ0v) is 18.2. The standard InChI is InChI=1S/C18H20Cl2N6O2S/c1-28-8-6-21-15-13-10-23-26(16(13)25-18(24-15)29-2)7-5-22-17(27)12-9-11(19)3-4-14(12)20/h3-4,9-10H,5-8H2,1-2H3,(H,22,27)(H,21,24,25). The van der Waals surface area contributed by atoms with Gasteiger partial charge < -0.3 is 15.4 Å². The van der Waals surface area contributed by atoms with E-state index < -0.39 is 0 Å². The summed E-state index contributed by atoms with van der Waals surface area (Å²) in [5.41, 5.74) is 1.03. The van der Waals surface area contributed by atoms with E-state index in [1.165, 1.54) is 11.8 Å². The van der Waals surface area contributed by atoms with Crippen molar-refractivity contribution in [2.75, 3.05) is 38.4 Å². The van der Waals surface area contributed by atoms with E-state index in [-0.39, 0.29) is 5.91 Å². The van der Waals surface area contributed by atoms with Crippen LogP contribution < -0.4 is 10.6 Å². The van der Waals surface area contributed by atoms with Gasteiger partial charge in [-0.1, -0.05) is 35.0 Å². The van der Waals surface area contributed by atoms with Crippen molar-refractivity contribution in [3.8, 4) is 0 Å². The highest BCUT2D eigenvalue weighted by molar-refractivity contribution is 7.98. The first-order chi connectivity index (χ1) is 14.0. The second-order valence-electron chi connectivity index (χ2n) is 5.96. The molecule has 8 nitrogen and oxygen atoms in total. The van der Waals surface area contributed by atoms with E-state index in [1.54, 1.807) is 36.2 Å². The fourth-order valence-corrected chi connectivity index (χ4v) is 3.37. The lowest BCUT2D eigenvalue weighted by Gasteiger charge is -2.09. The van der Waals surface area contributed by atoms with Crippen LogP contribution in [0.3, 0.4) is 0 Å². The predicted molar refractivity (Wildman–Crippen MR) is 116 cm³/mol. The number of ether oxygens (including phenoxy) is 1. The molecule has 29 heavy (non-hydrogen) atoms. The van der Waals surface area contributed by atoms with Crippen molar-refractivity contribution in [3.05, 3.63) is 40.0 Å². The molecule has 3 rings (SSSR count). The molecule has 0 radical (unpaired) electrons. The number of hydrogen-bond donors (Lipinski definition) is 2. The van der Waals surface area contributed by atoms with Gasteiger partial charge in [-0.05, 0) is 24.5 Å². The summed E-state index contributed by atoms with van der Waals surface area (Å²) in [5, 5.41) is 12.7. The van der Waals surface area contributed by atoms with Gasteiger partial charge in [0.25, 0.3) is 5.91 Å². The molecule has 1 amide bonds. The van der Waals surface area contributed by atoms with Gasteiger partial charge in [-0.15, -0.1) is 0 Å². The first-order valence-corrected chi connectivity index (χ1v) is 10.7. The van der Waals surface area contributed by atoms with E-state index in [4.69, 9.17) is 27.9 Å². The largest absolute Gasteiger partial charge is 0.383 e. The molecule has 0 saturated heterocycles. The molecule has 0 fully saturated rings. The van der Waals surface area contributed by atoms with E-state index in [1.807, 2.05) is 6.26 Å². The Morgan fingerprint density at radius 3 is 2.86 bits per heavy atom. The summed E-state index contributed by atoms with van der Waals surface area (Å²) in [6, 6.07) is 4.77. The van der Waals surface area contributed by atoms with Crippen LogP contribution in [0.4, 0.5) is 5.82 Å². The van der Waals surface area contributed by atoms with Crippen LogP contribution in [0, 0.1) is 0 Å². The summed E-state index contributed by atoms with van der Waals surface area (Å²) in [6.45, 7) is 1.98. The molecular weight excluding hydrogens is 435 g/mol. The molecule has 3 aromatic rings. The van der Waals surface area contributed by atoms with E-state index in [0.29, 0.717) is 58.5 Å². The number of amides is 1. The Labute approximate surface area is 182 Å². The summed E-state index contributed by atoms with van der Waals surface area (Å²) in [4.78, 5) is 21.4. The number of nitrogens with one attached hydrogen (secondary N) is 2. The number of hydrogen-bond acceptors (Lipinski definition) is 7. The number of carbonyl (C=O) groups is 1. The van der Waals surface area contributed by atoms with Crippen LogP contribution in [0.2, 0.25) is 10.0 Å². The average Bonchev–Trinajstić information content (AvgIpc) is 3.12. The molecule has 0 aliphatic rings. The Hall–Kier alpha value is -2.07. The maximum absolute atomic E-state index is 12.4. The topological polar surface area (TPSA) is 94.0 Å². The lowest BCUT2D eigenvalue weighted by Crippen LogP contribution is -2.27. The number of rotatable bonds is 9. The van der Waals surface area contributed by atoms with Crippen LogP contribution in [0.1, 0.15) is 10.4 Å². The number of fused-ring (bicyclic) bond motifs is 1. The summed E-state index contributed by atoms with van der Waals surface area (Å²) in [7, 11) is 1.65. The lowest BCUT2D eigenvalue weighted by molar-refractivity contribution is 0.0952. The van der Waals surface area contributed by atoms with Crippen LogP contribution in [-0.2, 0) is 11.3 Å². The highest BCUT2D eigenvalue weighted by atomic mass is 35.5. The Balaban J connectivity index is 1.72. The minimum Gasteiger partial charge on any atom is -0.383 e. The SMILES string of the molecule is COCCNc1nc(SC)nc2c1cnn2CCNC(=O)c1cc(Cl)ccc1Cl. The second-order valence-corrected chi connectivity index (χ2v) is 7.58. The number of anilines is 1. The number of carbonyl (C=O) groups excluding carboxylic acids is 1. The molecule has 11 heteroatoms. The zero-order valence-electron chi connectivity index (χ0n) is 15.9. The van der Waals surface area contributed by atoms with Crippen molar-refractivity contribution in [3.63, 3.8) is 0 Å². The Bertz CT molecular complexity index is 1010. The number of nitrogens with zero attached hydrogens (tertiary/aromatic N) is 4. The third-order valence-corrected chi connectivity index (χ3v) is 5.15. The number of benzene rings is 1. The van der Waals surface area contributed by atoms with Crippen molar-refractivity contribution in [2.45, 2.75) is 11.7 Å². The molecule has 2 aromatic heterocycles. The molecule has 0 aliphatic heterocycles. The van der Waals surface area contributed by atoms with Crippen LogP contribution in [0.5, 0.6) is 0 Å². The molecule has 1 aromatic carbocycles. The number of thioether (sulfide) groups is 1. The highest BCUT2D eigenvalue weighted by Gasteiger charge is 2.14. The van der Waals surface area contributed by atoms with Gasteiger partial charge in [0.1, 0.15) is 5.82 Å². The minimum atomic E-state index is -0.296. The third-order valence-electron chi connectivity index (χ3n) is 4.04. The van der Waals surface area contributed by atoms with Crippen molar-refractivity contribution in [1.29, 1.82) is 0 Å². The summed E-state index contributed by atoms with van der Waals surface area (Å²) < 4.78 is 6.81. The molecule has 2 heterocycles. The van der Waals surface area contributed by atoms with Gasteiger partial charge in [-0.3, -0.25) is 4.79 Å². The van der Waals surface area contributed by atoms with Crippen molar-refractivity contribution >= 4 is 57.7 Å². The summed E-state index contributed by atoms with van der Waals surface area (Å²) >= 11 is 13.5. The normalized spacial score (nSPS) is 11.0. The first-order valence-electron chi connectivity index (χ1n) is 8.77. The van der Waals surface area contributed by atoms with E-state index >= 15 is 0 Å². The number of methoxy groups -OCH3 is 1. The molecule has 0 unspecified atom stereocenters. The molecule has 0 aliphatic carbocycles. The van der Waals surface area contributed by atoms with E-state index in [0.717, 1.165) is 5.39 Å². The van der Waals surface area contributed by atoms with E-state index in [2.05, 4.69) is 25.7 Å². The monoisotopic (exact) mass is 454 g/mol. The third kappa shape index (κ3) is 5.30. The van der Waals surface area contributed by atoms with Crippen LogP contribution in [-0.4, -0.2) is 58.7 Å². The molecule has 0 spiro atoms. The molecule has 0 saturated carbocycles. The maximum Gasteiger partial charge on any atom is 0.252 e. The van der Waals surface area contributed by atoms with Crippen LogP contribution >= 0.6 is 35.0 Å². The Morgan fingerprint density at radius 2 is 2.10 bits per heavy atom.